The van der Waals surface area contributed by atoms with Crippen LogP contribution in [0.15, 0.2) is 79.0 Å². The number of aliphatic carboxylic acids is 1. The van der Waals surface area contributed by atoms with E-state index in [0.29, 0.717) is 11.3 Å². The first-order chi connectivity index (χ1) is 17.2. The molecule has 4 rings (SSSR count). The predicted octanol–water partition coefficient (Wildman–Crippen LogP) is 4.59. The van der Waals surface area contributed by atoms with E-state index in [1.54, 1.807) is 55.7 Å². The van der Waals surface area contributed by atoms with Gasteiger partial charge in [-0.05, 0) is 49.7 Å². The van der Waals surface area contributed by atoms with Crippen molar-refractivity contribution in [1.29, 1.82) is 0 Å². The summed E-state index contributed by atoms with van der Waals surface area (Å²) in [5, 5.41) is 11.1. The number of benzene rings is 3. The minimum absolute atomic E-state index is 0.106. The van der Waals surface area contributed by atoms with Gasteiger partial charge < -0.3 is 15.0 Å². The molecule has 4 aromatic rings. The van der Waals surface area contributed by atoms with E-state index in [0.717, 1.165) is 27.6 Å². The minimum atomic E-state index is -1.16. The van der Waals surface area contributed by atoms with Gasteiger partial charge in [-0.3, -0.25) is 14.5 Å². The highest BCUT2D eigenvalue weighted by Gasteiger charge is 2.33. The molecule has 0 saturated carbocycles. The van der Waals surface area contributed by atoms with E-state index in [2.05, 4.69) is 4.98 Å². The second-order valence-electron chi connectivity index (χ2n) is 9.05. The van der Waals surface area contributed by atoms with Gasteiger partial charge >= 0.3 is 5.97 Å². The maximum atomic E-state index is 13.6. The molecule has 0 unspecified atom stereocenters. The molecule has 1 heterocycles. The summed E-state index contributed by atoms with van der Waals surface area (Å²) in [7, 11) is 1.55. The number of rotatable bonds is 8. The lowest BCUT2D eigenvalue weighted by Crippen LogP contribution is -2.50. The number of aryl methyl sites for hydroxylation is 2. The van der Waals surface area contributed by atoms with Gasteiger partial charge in [-0.1, -0.05) is 53.6 Å². The summed E-state index contributed by atoms with van der Waals surface area (Å²) in [6.45, 7) is 3.56. The van der Waals surface area contributed by atoms with Crippen molar-refractivity contribution in [3.63, 3.8) is 0 Å². The molecule has 0 radical (unpaired) electrons. The lowest BCUT2D eigenvalue weighted by Gasteiger charge is -2.31. The van der Waals surface area contributed by atoms with Gasteiger partial charge in [0.05, 0.1) is 0 Å². The second-order valence-corrected chi connectivity index (χ2v) is 9.05. The number of amides is 2. The summed E-state index contributed by atoms with van der Waals surface area (Å²) in [6, 6.07) is 20.7. The molecule has 36 heavy (non-hydrogen) atoms. The third kappa shape index (κ3) is 5.30. The van der Waals surface area contributed by atoms with Crippen molar-refractivity contribution >= 4 is 34.4 Å². The lowest BCUT2D eigenvalue weighted by atomic mass is 10.0. The van der Waals surface area contributed by atoms with Crippen LogP contribution in [0.5, 0.6) is 0 Å². The van der Waals surface area contributed by atoms with Crippen LogP contribution in [0.4, 0.5) is 5.69 Å². The Hall–Kier alpha value is -4.39. The molecule has 2 N–H and O–H groups in total. The van der Waals surface area contributed by atoms with E-state index < -0.39 is 17.9 Å². The Bertz CT molecular complexity index is 1390. The number of anilines is 1. The largest absolute Gasteiger partial charge is 0.480 e. The van der Waals surface area contributed by atoms with Crippen molar-refractivity contribution in [2.24, 2.45) is 0 Å². The smallest absolute Gasteiger partial charge is 0.327 e. The van der Waals surface area contributed by atoms with E-state index >= 15 is 0 Å². The van der Waals surface area contributed by atoms with Gasteiger partial charge in [0.15, 0.2) is 0 Å². The predicted molar refractivity (Wildman–Crippen MR) is 140 cm³/mol. The molecule has 1 aromatic heterocycles. The zero-order valence-corrected chi connectivity index (χ0v) is 20.6. The number of nitrogens with zero attached hydrogens (tertiary/aromatic N) is 2. The Morgan fingerprint density at radius 1 is 0.917 bits per heavy atom. The van der Waals surface area contributed by atoms with Gasteiger partial charge in [-0.25, -0.2) is 4.79 Å². The van der Waals surface area contributed by atoms with Crippen LogP contribution >= 0.6 is 0 Å². The van der Waals surface area contributed by atoms with Crippen LogP contribution in [-0.2, 0) is 16.0 Å². The van der Waals surface area contributed by atoms with E-state index in [1.165, 1.54) is 9.80 Å². The molecule has 2 amide bonds. The Balaban J connectivity index is 1.64. The number of aromatic amines is 1. The quantitative estimate of drug-likeness (QED) is 0.383. The van der Waals surface area contributed by atoms with Gasteiger partial charge in [0.25, 0.3) is 5.91 Å². The van der Waals surface area contributed by atoms with Crippen LogP contribution in [0.25, 0.3) is 10.9 Å². The Morgan fingerprint density at radius 2 is 1.56 bits per heavy atom. The van der Waals surface area contributed by atoms with E-state index in [9.17, 15) is 19.5 Å². The van der Waals surface area contributed by atoms with Crippen LogP contribution in [0, 0.1) is 13.8 Å². The molecular weight excluding hydrogens is 454 g/mol. The maximum absolute atomic E-state index is 13.6. The highest BCUT2D eigenvalue weighted by molar-refractivity contribution is 6.03. The fraction of sp³-hybridized carbons (Fsp3) is 0.207. The SMILES string of the molecule is Cc1cc(C)cc(C(=O)N(C)CC(=O)N(c2ccccc2)[C@@H](Cc2c[nH]c3ccccc23)C(=O)O)c1. The Kier molecular flexibility index (Phi) is 7.20. The number of carbonyl (C=O) groups is 3. The molecule has 7 heteroatoms. The fourth-order valence-corrected chi connectivity index (χ4v) is 4.55. The summed E-state index contributed by atoms with van der Waals surface area (Å²) in [5.74, 6) is -1.90. The standard InChI is InChI=1S/C29H29N3O4/c1-19-13-20(2)15-21(14-19)28(34)31(3)18-27(33)32(23-9-5-4-6-10-23)26(29(35)36)16-22-17-30-25-12-8-7-11-24(22)25/h4-15,17,26,30H,16,18H2,1-3H3,(H,35,36)/t26-/m0/s1. The summed E-state index contributed by atoms with van der Waals surface area (Å²) in [6.07, 6.45) is 1.89. The maximum Gasteiger partial charge on any atom is 0.327 e. The molecule has 184 valence electrons. The van der Waals surface area contributed by atoms with Crippen LogP contribution in [0.1, 0.15) is 27.0 Å². The number of carboxylic acids is 1. The highest BCUT2D eigenvalue weighted by Crippen LogP contribution is 2.24. The van der Waals surface area contributed by atoms with E-state index in [-0.39, 0.29) is 18.9 Å². The molecular formula is C29H29N3O4. The third-order valence-corrected chi connectivity index (χ3v) is 6.18. The average Bonchev–Trinajstić information content (AvgIpc) is 3.26. The molecule has 0 saturated heterocycles. The summed E-state index contributed by atoms with van der Waals surface area (Å²) < 4.78 is 0. The van der Waals surface area contributed by atoms with Crippen molar-refractivity contribution in [3.05, 3.63) is 101 Å². The fourth-order valence-electron chi connectivity index (χ4n) is 4.55. The van der Waals surface area contributed by atoms with Gasteiger partial charge in [0.2, 0.25) is 5.91 Å². The van der Waals surface area contributed by atoms with Gasteiger partial charge in [-0.15, -0.1) is 0 Å². The zero-order chi connectivity index (χ0) is 25.8. The third-order valence-electron chi connectivity index (χ3n) is 6.18. The summed E-state index contributed by atoms with van der Waals surface area (Å²) in [5.41, 5.74) is 4.55. The zero-order valence-electron chi connectivity index (χ0n) is 20.6. The van der Waals surface area contributed by atoms with Crippen molar-refractivity contribution < 1.29 is 19.5 Å². The number of hydrogen-bond acceptors (Lipinski definition) is 3. The van der Waals surface area contributed by atoms with Crippen LogP contribution in [0.2, 0.25) is 0 Å². The van der Waals surface area contributed by atoms with E-state index in [1.807, 2.05) is 44.2 Å². The number of aromatic nitrogens is 1. The number of fused-ring (bicyclic) bond motifs is 1. The lowest BCUT2D eigenvalue weighted by molar-refractivity contribution is -0.140. The van der Waals surface area contributed by atoms with Gasteiger partial charge in [0, 0.05) is 41.8 Å². The molecule has 0 aliphatic carbocycles. The molecule has 0 aliphatic heterocycles. The molecule has 0 fully saturated rings. The molecule has 0 spiro atoms. The molecule has 3 aromatic carbocycles. The van der Waals surface area contributed by atoms with Gasteiger partial charge in [-0.2, -0.15) is 0 Å². The van der Waals surface area contributed by atoms with Gasteiger partial charge in [0.1, 0.15) is 12.6 Å². The number of carbonyl (C=O) groups excluding carboxylic acids is 2. The second kappa shape index (κ2) is 10.5. The Labute approximate surface area is 210 Å². The Morgan fingerprint density at radius 3 is 2.22 bits per heavy atom. The first-order valence-electron chi connectivity index (χ1n) is 11.7. The number of H-pyrrole nitrogens is 1. The summed E-state index contributed by atoms with van der Waals surface area (Å²) in [4.78, 5) is 45.0. The van der Waals surface area contributed by atoms with Crippen molar-refractivity contribution in [1.82, 2.24) is 9.88 Å². The molecule has 1 atom stereocenters. The first-order valence-corrected chi connectivity index (χ1v) is 11.7. The molecule has 7 nitrogen and oxygen atoms in total. The highest BCUT2D eigenvalue weighted by atomic mass is 16.4. The van der Waals surface area contributed by atoms with Crippen molar-refractivity contribution in [2.75, 3.05) is 18.5 Å². The van der Waals surface area contributed by atoms with Crippen LogP contribution in [0.3, 0.4) is 0 Å². The number of hydrogen-bond donors (Lipinski definition) is 2. The average molecular weight is 484 g/mol. The normalized spacial score (nSPS) is 11.8. The number of para-hydroxylation sites is 2. The number of nitrogens with one attached hydrogen (secondary N) is 1. The minimum Gasteiger partial charge on any atom is -0.480 e. The van der Waals surface area contributed by atoms with Crippen LogP contribution < -0.4 is 4.90 Å². The number of likely N-dealkylation sites (N-methyl/N-ethyl adjacent to an activating group) is 1. The number of carboxylic acid groups (broad SMARTS) is 1. The monoisotopic (exact) mass is 483 g/mol. The van der Waals surface area contributed by atoms with E-state index in [4.69, 9.17) is 0 Å². The molecule has 0 aliphatic rings. The molecule has 0 bridgehead atoms. The van der Waals surface area contributed by atoms with Crippen LogP contribution in [-0.4, -0.2) is 52.4 Å². The first kappa shape index (κ1) is 24.7. The topological polar surface area (TPSA) is 93.7 Å². The summed E-state index contributed by atoms with van der Waals surface area (Å²) >= 11 is 0. The van der Waals surface area contributed by atoms with Crippen molar-refractivity contribution in [2.45, 2.75) is 26.3 Å². The van der Waals surface area contributed by atoms with Crippen molar-refractivity contribution in [3.8, 4) is 0 Å².